The lowest BCUT2D eigenvalue weighted by molar-refractivity contribution is 1.18. The largest absolute Gasteiger partial charge is 0.310 e. The van der Waals surface area contributed by atoms with E-state index in [0.717, 1.165) is 22.7 Å². The van der Waals surface area contributed by atoms with Crippen molar-refractivity contribution < 1.29 is 0 Å². The summed E-state index contributed by atoms with van der Waals surface area (Å²) in [5.74, 6) is 0. The number of benzene rings is 10. The van der Waals surface area contributed by atoms with Gasteiger partial charge in [0.25, 0.3) is 0 Å². The zero-order valence-electron chi connectivity index (χ0n) is 31.8. The van der Waals surface area contributed by atoms with Crippen LogP contribution in [-0.4, -0.2) is 4.57 Å². The topological polar surface area (TPSA) is 8.17 Å². The SMILES string of the molecule is c1ccc(-c2cccc3cccc(-c4cccc(N(c5ccc(-c6ccc(-n7c8ccccc8c8ccccc87)cc6)cc5)c5cccc6ccccc56)c4)c23)cc1. The van der Waals surface area contributed by atoms with Crippen molar-refractivity contribution >= 4 is 60.4 Å². The van der Waals surface area contributed by atoms with Crippen LogP contribution in [0.4, 0.5) is 17.1 Å². The van der Waals surface area contributed by atoms with Gasteiger partial charge in [-0.05, 0) is 104 Å². The predicted octanol–water partition coefficient (Wildman–Crippen LogP) is 15.6. The molecule has 272 valence electrons. The summed E-state index contributed by atoms with van der Waals surface area (Å²) in [6, 6.07) is 83.6. The molecule has 2 nitrogen and oxygen atoms in total. The van der Waals surface area contributed by atoms with Crippen LogP contribution >= 0.6 is 0 Å². The van der Waals surface area contributed by atoms with Crippen molar-refractivity contribution in [2.45, 2.75) is 0 Å². The second-order valence-corrected chi connectivity index (χ2v) is 14.9. The van der Waals surface area contributed by atoms with Crippen molar-refractivity contribution in [2.24, 2.45) is 0 Å². The summed E-state index contributed by atoms with van der Waals surface area (Å²) in [6.45, 7) is 0. The summed E-state index contributed by atoms with van der Waals surface area (Å²) in [7, 11) is 0. The molecule has 0 fully saturated rings. The molecule has 0 radical (unpaired) electrons. The lowest BCUT2D eigenvalue weighted by Gasteiger charge is -2.27. The van der Waals surface area contributed by atoms with Crippen LogP contribution in [0.5, 0.6) is 0 Å². The average molecular weight is 739 g/mol. The van der Waals surface area contributed by atoms with E-state index < -0.39 is 0 Å². The van der Waals surface area contributed by atoms with Crippen LogP contribution in [0.3, 0.4) is 0 Å². The molecule has 0 saturated heterocycles. The standard InChI is InChI=1S/C56H38N2/c1-2-14-42(15-3-1)49-25-11-18-43-19-12-26-50(56(43)49)44-20-10-21-47(38-44)57(53-29-13-17-41-16-4-5-22-48(41)53)45-34-30-39(31-35-45)40-32-36-46(37-33-40)58-54-27-8-6-23-51(54)52-24-7-9-28-55(52)58/h1-38H. The van der Waals surface area contributed by atoms with E-state index in [0.29, 0.717) is 0 Å². The van der Waals surface area contributed by atoms with Gasteiger partial charge in [0.15, 0.2) is 0 Å². The second-order valence-electron chi connectivity index (χ2n) is 14.9. The lowest BCUT2D eigenvalue weighted by atomic mass is 9.91. The number of nitrogens with zero attached hydrogens (tertiary/aromatic N) is 2. The molecule has 11 aromatic rings. The van der Waals surface area contributed by atoms with Gasteiger partial charge in [-0.15, -0.1) is 0 Å². The number of para-hydroxylation sites is 2. The van der Waals surface area contributed by atoms with Crippen molar-refractivity contribution in [1.82, 2.24) is 4.57 Å². The number of hydrogen-bond donors (Lipinski definition) is 0. The number of rotatable bonds is 7. The van der Waals surface area contributed by atoms with E-state index in [-0.39, 0.29) is 0 Å². The first-order valence-electron chi connectivity index (χ1n) is 19.9. The molecule has 0 N–H and O–H groups in total. The second kappa shape index (κ2) is 14.1. The van der Waals surface area contributed by atoms with Gasteiger partial charge in [0, 0.05) is 33.2 Å². The molecule has 1 heterocycles. The van der Waals surface area contributed by atoms with Gasteiger partial charge < -0.3 is 9.47 Å². The van der Waals surface area contributed by atoms with E-state index in [1.165, 1.54) is 76.7 Å². The third-order valence-corrected chi connectivity index (χ3v) is 11.6. The molecule has 10 aromatic carbocycles. The molecule has 0 spiro atoms. The molecule has 11 rings (SSSR count). The Kier molecular flexibility index (Phi) is 8.19. The fourth-order valence-corrected chi connectivity index (χ4v) is 8.89. The summed E-state index contributed by atoms with van der Waals surface area (Å²) in [6.07, 6.45) is 0. The van der Waals surface area contributed by atoms with Crippen LogP contribution in [0, 0.1) is 0 Å². The Labute approximate surface area is 338 Å². The smallest absolute Gasteiger partial charge is 0.0541 e. The maximum absolute atomic E-state index is 2.41. The summed E-state index contributed by atoms with van der Waals surface area (Å²) in [4.78, 5) is 2.41. The van der Waals surface area contributed by atoms with E-state index in [4.69, 9.17) is 0 Å². The van der Waals surface area contributed by atoms with Crippen molar-refractivity contribution in [3.8, 4) is 39.1 Å². The number of aromatic nitrogens is 1. The van der Waals surface area contributed by atoms with Crippen LogP contribution < -0.4 is 4.90 Å². The Balaban J connectivity index is 1.01. The zero-order valence-corrected chi connectivity index (χ0v) is 31.8. The molecule has 0 aliphatic heterocycles. The van der Waals surface area contributed by atoms with Crippen LogP contribution in [0.15, 0.2) is 231 Å². The van der Waals surface area contributed by atoms with E-state index in [9.17, 15) is 0 Å². The van der Waals surface area contributed by atoms with Crippen LogP contribution in [0.25, 0.3) is 82.4 Å². The Morgan fingerprint density at radius 3 is 1.53 bits per heavy atom. The van der Waals surface area contributed by atoms with Gasteiger partial charge in [-0.3, -0.25) is 0 Å². The van der Waals surface area contributed by atoms with Crippen LogP contribution in [0.2, 0.25) is 0 Å². The monoisotopic (exact) mass is 738 g/mol. The average Bonchev–Trinajstić information content (AvgIpc) is 3.64. The van der Waals surface area contributed by atoms with Crippen molar-refractivity contribution in [3.05, 3.63) is 231 Å². The predicted molar refractivity (Wildman–Crippen MR) is 247 cm³/mol. The molecule has 0 unspecified atom stereocenters. The van der Waals surface area contributed by atoms with Gasteiger partial charge in [-0.25, -0.2) is 0 Å². The number of hydrogen-bond acceptors (Lipinski definition) is 1. The minimum absolute atomic E-state index is 1.10. The highest BCUT2D eigenvalue weighted by molar-refractivity contribution is 6.09. The minimum Gasteiger partial charge on any atom is -0.310 e. The molecule has 0 aliphatic rings. The summed E-state index contributed by atoms with van der Waals surface area (Å²) < 4.78 is 2.37. The van der Waals surface area contributed by atoms with E-state index in [2.05, 4.69) is 240 Å². The van der Waals surface area contributed by atoms with Crippen LogP contribution in [0.1, 0.15) is 0 Å². The summed E-state index contributed by atoms with van der Waals surface area (Å²) >= 11 is 0. The molecule has 0 amide bonds. The Morgan fingerprint density at radius 2 is 0.828 bits per heavy atom. The molecule has 0 bridgehead atoms. The maximum Gasteiger partial charge on any atom is 0.0541 e. The van der Waals surface area contributed by atoms with Crippen molar-refractivity contribution in [2.75, 3.05) is 4.90 Å². The zero-order chi connectivity index (χ0) is 38.4. The molecular weight excluding hydrogens is 701 g/mol. The highest BCUT2D eigenvalue weighted by Crippen LogP contribution is 2.43. The Morgan fingerprint density at radius 1 is 0.310 bits per heavy atom. The molecule has 2 heteroatoms. The van der Waals surface area contributed by atoms with Crippen molar-refractivity contribution in [3.63, 3.8) is 0 Å². The fraction of sp³-hybridized carbons (Fsp3) is 0. The third kappa shape index (κ3) is 5.74. The molecule has 0 atom stereocenters. The van der Waals surface area contributed by atoms with Gasteiger partial charge in [0.1, 0.15) is 0 Å². The molecule has 1 aromatic heterocycles. The first-order chi connectivity index (χ1) is 28.8. The molecule has 58 heavy (non-hydrogen) atoms. The first kappa shape index (κ1) is 33.6. The van der Waals surface area contributed by atoms with E-state index in [1.54, 1.807) is 0 Å². The fourth-order valence-electron chi connectivity index (χ4n) is 8.89. The summed E-state index contributed by atoms with van der Waals surface area (Å²) in [5, 5.41) is 7.45. The van der Waals surface area contributed by atoms with E-state index >= 15 is 0 Å². The maximum atomic E-state index is 2.41. The number of fused-ring (bicyclic) bond motifs is 5. The van der Waals surface area contributed by atoms with Gasteiger partial charge in [0.2, 0.25) is 0 Å². The van der Waals surface area contributed by atoms with Gasteiger partial charge in [-0.1, -0.05) is 176 Å². The van der Waals surface area contributed by atoms with Gasteiger partial charge >= 0.3 is 0 Å². The third-order valence-electron chi connectivity index (χ3n) is 11.6. The molecule has 0 aliphatic carbocycles. The Bertz CT molecular complexity index is 3200. The highest BCUT2D eigenvalue weighted by Gasteiger charge is 2.18. The Hall–Kier alpha value is -7.68. The molecular formula is C56H38N2. The normalized spacial score (nSPS) is 11.4. The number of anilines is 3. The lowest BCUT2D eigenvalue weighted by Crippen LogP contribution is -2.10. The van der Waals surface area contributed by atoms with E-state index in [1.807, 2.05) is 0 Å². The summed E-state index contributed by atoms with van der Waals surface area (Å²) in [5.41, 5.74) is 14.1. The first-order valence-corrected chi connectivity index (χ1v) is 19.9. The highest BCUT2D eigenvalue weighted by atomic mass is 15.1. The van der Waals surface area contributed by atoms with Gasteiger partial charge in [-0.2, -0.15) is 0 Å². The van der Waals surface area contributed by atoms with Crippen LogP contribution in [-0.2, 0) is 0 Å². The van der Waals surface area contributed by atoms with Gasteiger partial charge in [0.05, 0.1) is 16.7 Å². The van der Waals surface area contributed by atoms with Crippen molar-refractivity contribution in [1.29, 1.82) is 0 Å². The molecule has 0 saturated carbocycles. The quantitative estimate of drug-likeness (QED) is 0.158. The minimum atomic E-state index is 1.10.